The molecule has 43 heavy (non-hydrogen) atoms. The van der Waals surface area contributed by atoms with E-state index in [1.54, 1.807) is 42.5 Å². The maximum atomic E-state index is 13.6. The lowest BCUT2D eigenvalue weighted by Gasteiger charge is -2.25. The number of aryl methyl sites for hydroxylation is 1. The number of ether oxygens (including phenoxy) is 1. The van der Waals surface area contributed by atoms with Gasteiger partial charge in [0.15, 0.2) is 6.61 Å². The molecule has 0 aliphatic rings. The lowest BCUT2D eigenvalue weighted by Crippen LogP contribution is -2.30. The molecule has 0 saturated heterocycles. The number of anilines is 2. The molecule has 0 unspecified atom stereocenters. The predicted molar refractivity (Wildman–Crippen MR) is 148 cm³/mol. The van der Waals surface area contributed by atoms with Crippen molar-refractivity contribution >= 4 is 27.3 Å². The molecule has 1 amide bonds. The van der Waals surface area contributed by atoms with Crippen molar-refractivity contribution in [3.8, 4) is 5.75 Å². The second-order valence-corrected chi connectivity index (χ2v) is 11.3. The minimum Gasteiger partial charge on any atom is -0.484 e. The summed E-state index contributed by atoms with van der Waals surface area (Å²) >= 11 is 0. The van der Waals surface area contributed by atoms with Gasteiger partial charge in [0.25, 0.3) is 15.9 Å². The van der Waals surface area contributed by atoms with Gasteiger partial charge in [0.05, 0.1) is 28.3 Å². The smallest absolute Gasteiger partial charge is 0.416 e. The zero-order valence-electron chi connectivity index (χ0n) is 22.4. The van der Waals surface area contributed by atoms with E-state index in [1.807, 2.05) is 12.2 Å². The number of hydrogen-bond acceptors (Lipinski definition) is 4. The van der Waals surface area contributed by atoms with Gasteiger partial charge in [-0.1, -0.05) is 48.0 Å². The van der Waals surface area contributed by atoms with Crippen LogP contribution in [0.4, 0.5) is 37.7 Å². The topological polar surface area (TPSA) is 75.7 Å². The second-order valence-electron chi connectivity index (χ2n) is 9.44. The first-order valence-electron chi connectivity index (χ1n) is 12.6. The molecule has 0 atom stereocenters. The third-order valence-electron chi connectivity index (χ3n) is 6.14. The standard InChI is InChI=1S/C30H24F6N2O4S/c1-20-7-13-27(14-8-20)43(40,41)38(18-21-5-3-2-4-6-21)25-9-11-26(12-10-25)42-19-28(39)37-24-16-22(29(31,32)33)15-23(17-24)30(34,35)36/h2-17H,18-19H2,1H3,(H,37,39). The summed E-state index contributed by atoms with van der Waals surface area (Å²) in [6.07, 6.45) is -10.1. The van der Waals surface area contributed by atoms with E-state index in [0.717, 1.165) is 11.1 Å². The van der Waals surface area contributed by atoms with Crippen LogP contribution in [0.2, 0.25) is 0 Å². The molecule has 0 aliphatic heterocycles. The van der Waals surface area contributed by atoms with E-state index in [4.69, 9.17) is 4.74 Å². The van der Waals surface area contributed by atoms with E-state index in [0.29, 0.717) is 12.1 Å². The number of nitrogens with zero attached hydrogens (tertiary/aromatic N) is 1. The molecule has 0 fully saturated rings. The Hall–Kier alpha value is -4.52. The maximum absolute atomic E-state index is 13.6. The first-order valence-corrected chi connectivity index (χ1v) is 14.0. The average Bonchev–Trinajstić information content (AvgIpc) is 2.95. The largest absolute Gasteiger partial charge is 0.484 e. The minimum atomic E-state index is -5.07. The number of nitrogens with one attached hydrogen (secondary N) is 1. The van der Waals surface area contributed by atoms with Crippen molar-refractivity contribution < 1.29 is 44.3 Å². The number of alkyl halides is 6. The molecule has 226 valence electrons. The summed E-state index contributed by atoms with van der Waals surface area (Å²) in [4.78, 5) is 12.4. The number of sulfonamides is 1. The molecule has 13 heteroatoms. The van der Waals surface area contributed by atoms with Crippen molar-refractivity contribution in [2.75, 3.05) is 16.2 Å². The van der Waals surface area contributed by atoms with Crippen LogP contribution in [-0.2, 0) is 33.7 Å². The van der Waals surface area contributed by atoms with Crippen LogP contribution in [0, 0.1) is 6.92 Å². The highest BCUT2D eigenvalue weighted by Gasteiger charge is 2.37. The van der Waals surface area contributed by atoms with Crippen molar-refractivity contribution in [1.82, 2.24) is 0 Å². The van der Waals surface area contributed by atoms with Gasteiger partial charge in [0, 0.05) is 5.69 Å². The summed E-state index contributed by atoms with van der Waals surface area (Å²) in [6.45, 7) is 1.10. The molecule has 0 aromatic heterocycles. The van der Waals surface area contributed by atoms with Crippen LogP contribution in [0.15, 0.2) is 102 Å². The van der Waals surface area contributed by atoms with Crippen molar-refractivity contribution in [2.45, 2.75) is 30.7 Å². The normalized spacial score (nSPS) is 12.1. The van der Waals surface area contributed by atoms with E-state index in [-0.39, 0.29) is 28.9 Å². The Morgan fingerprint density at radius 2 is 1.35 bits per heavy atom. The predicted octanol–water partition coefficient (Wildman–Crippen LogP) is 7.45. The molecule has 1 N–H and O–H groups in total. The van der Waals surface area contributed by atoms with Gasteiger partial charge in [-0.2, -0.15) is 26.3 Å². The van der Waals surface area contributed by atoms with E-state index >= 15 is 0 Å². The van der Waals surface area contributed by atoms with Gasteiger partial charge in [0.2, 0.25) is 0 Å². The molecule has 4 rings (SSSR count). The molecule has 4 aromatic rings. The SMILES string of the molecule is Cc1ccc(S(=O)(=O)N(Cc2ccccc2)c2ccc(OCC(=O)Nc3cc(C(F)(F)F)cc(C(F)(F)F)c3)cc2)cc1. The first kappa shape index (κ1) is 31.4. The number of benzene rings is 4. The minimum absolute atomic E-state index is 0.0105. The second kappa shape index (κ2) is 12.4. The summed E-state index contributed by atoms with van der Waals surface area (Å²) in [5, 5.41) is 1.98. The van der Waals surface area contributed by atoms with Gasteiger partial charge in [-0.25, -0.2) is 8.42 Å². The first-order chi connectivity index (χ1) is 20.1. The zero-order chi connectivity index (χ0) is 31.4. The van der Waals surface area contributed by atoms with E-state index in [9.17, 15) is 39.6 Å². The molecule has 0 aliphatic carbocycles. The third kappa shape index (κ3) is 8.07. The summed E-state index contributed by atoms with van der Waals surface area (Å²) in [6, 6.07) is 21.7. The van der Waals surface area contributed by atoms with Gasteiger partial charge in [-0.3, -0.25) is 9.10 Å². The fourth-order valence-electron chi connectivity index (χ4n) is 3.98. The van der Waals surface area contributed by atoms with Crippen LogP contribution < -0.4 is 14.4 Å². The Kier molecular flexibility index (Phi) is 9.04. The van der Waals surface area contributed by atoms with Crippen LogP contribution in [0.25, 0.3) is 0 Å². The number of amides is 1. The number of halogens is 6. The number of hydrogen-bond donors (Lipinski definition) is 1. The van der Waals surface area contributed by atoms with Crippen molar-refractivity contribution in [3.05, 3.63) is 119 Å². The monoisotopic (exact) mass is 622 g/mol. The summed E-state index contributed by atoms with van der Waals surface area (Å²) in [5.74, 6) is -0.907. The molecular formula is C30H24F6N2O4S. The highest BCUT2D eigenvalue weighted by molar-refractivity contribution is 7.92. The molecule has 0 spiro atoms. The number of rotatable bonds is 9. The molecular weight excluding hydrogens is 598 g/mol. The lowest BCUT2D eigenvalue weighted by atomic mass is 10.1. The number of carbonyl (C=O) groups excluding carboxylic acids is 1. The van der Waals surface area contributed by atoms with Crippen LogP contribution in [-0.4, -0.2) is 20.9 Å². The van der Waals surface area contributed by atoms with Crippen LogP contribution in [0.1, 0.15) is 22.3 Å². The van der Waals surface area contributed by atoms with Crippen molar-refractivity contribution in [1.29, 1.82) is 0 Å². The zero-order valence-corrected chi connectivity index (χ0v) is 23.2. The maximum Gasteiger partial charge on any atom is 0.416 e. The van der Waals surface area contributed by atoms with Crippen molar-refractivity contribution in [2.24, 2.45) is 0 Å². The van der Waals surface area contributed by atoms with Crippen LogP contribution >= 0.6 is 0 Å². The lowest BCUT2D eigenvalue weighted by molar-refractivity contribution is -0.143. The fourth-order valence-corrected chi connectivity index (χ4v) is 5.44. The molecule has 4 aromatic carbocycles. The number of carbonyl (C=O) groups is 1. The Morgan fingerprint density at radius 3 is 1.88 bits per heavy atom. The Bertz CT molecular complexity index is 1640. The Labute approximate surface area is 243 Å². The van der Waals surface area contributed by atoms with Crippen molar-refractivity contribution in [3.63, 3.8) is 0 Å². The van der Waals surface area contributed by atoms with Gasteiger partial charge >= 0.3 is 12.4 Å². The van der Waals surface area contributed by atoms with Gasteiger partial charge in [-0.15, -0.1) is 0 Å². The highest BCUT2D eigenvalue weighted by Crippen LogP contribution is 2.37. The van der Waals surface area contributed by atoms with Gasteiger partial charge in [0.1, 0.15) is 5.75 Å². The Balaban J connectivity index is 1.50. The van der Waals surface area contributed by atoms with E-state index in [1.165, 1.54) is 40.7 Å². The fraction of sp³-hybridized carbons (Fsp3) is 0.167. The molecule has 0 saturated carbocycles. The quantitative estimate of drug-likeness (QED) is 0.197. The van der Waals surface area contributed by atoms with Crippen LogP contribution in [0.3, 0.4) is 0 Å². The third-order valence-corrected chi connectivity index (χ3v) is 7.93. The summed E-state index contributed by atoms with van der Waals surface area (Å²) < 4.78 is 112. The van der Waals surface area contributed by atoms with Gasteiger partial charge in [-0.05, 0) is 67.1 Å². The summed E-state index contributed by atoms with van der Waals surface area (Å²) in [5.41, 5.74) is -1.97. The highest BCUT2D eigenvalue weighted by atomic mass is 32.2. The molecule has 6 nitrogen and oxygen atoms in total. The Morgan fingerprint density at radius 1 is 0.791 bits per heavy atom. The van der Waals surface area contributed by atoms with Gasteiger partial charge < -0.3 is 10.1 Å². The van der Waals surface area contributed by atoms with Crippen LogP contribution in [0.5, 0.6) is 5.75 Å². The van der Waals surface area contributed by atoms with E-state index < -0.39 is 51.7 Å². The summed E-state index contributed by atoms with van der Waals surface area (Å²) in [7, 11) is -4.00. The molecule has 0 heterocycles. The average molecular weight is 623 g/mol. The molecule has 0 bridgehead atoms. The molecule has 0 radical (unpaired) electrons. The van der Waals surface area contributed by atoms with E-state index in [2.05, 4.69) is 0 Å².